The van der Waals surface area contributed by atoms with E-state index in [1.165, 1.54) is 0 Å². The Balaban J connectivity index is 2.05. The number of nitrogens with zero attached hydrogens (tertiary/aromatic N) is 3. The van der Waals surface area contributed by atoms with E-state index in [1.54, 1.807) is 17.7 Å². The number of aromatic nitrogens is 2. The highest BCUT2D eigenvalue weighted by Gasteiger charge is 2.11. The lowest BCUT2D eigenvalue weighted by Gasteiger charge is -2.24. The van der Waals surface area contributed by atoms with Crippen molar-refractivity contribution in [3.8, 4) is 0 Å². The summed E-state index contributed by atoms with van der Waals surface area (Å²) in [6, 6.07) is 2.09. The molecule has 0 unspecified atom stereocenters. The standard InChI is InChI=1S/C13H20N4S/c1-13(2,3)16-6-7-17(4)11-10-5-8-18-12(10)15-9-14-11/h5,8-9,16H,6-7H2,1-4H3. The van der Waals surface area contributed by atoms with Crippen molar-refractivity contribution in [2.75, 3.05) is 25.0 Å². The second-order valence-corrected chi connectivity index (χ2v) is 6.33. The molecule has 0 saturated heterocycles. The predicted molar refractivity (Wildman–Crippen MR) is 78.4 cm³/mol. The molecule has 0 saturated carbocycles. The number of anilines is 1. The lowest BCUT2D eigenvalue weighted by molar-refractivity contribution is 0.430. The molecule has 0 spiro atoms. The third-order valence-electron chi connectivity index (χ3n) is 2.70. The molecule has 18 heavy (non-hydrogen) atoms. The molecule has 0 aromatic carbocycles. The zero-order chi connectivity index (χ0) is 13.2. The van der Waals surface area contributed by atoms with Gasteiger partial charge in [0.25, 0.3) is 0 Å². The van der Waals surface area contributed by atoms with Crippen molar-refractivity contribution in [2.45, 2.75) is 26.3 Å². The fourth-order valence-electron chi connectivity index (χ4n) is 1.79. The van der Waals surface area contributed by atoms with Crippen LogP contribution in [0.1, 0.15) is 20.8 Å². The van der Waals surface area contributed by atoms with Crippen molar-refractivity contribution in [3.05, 3.63) is 17.8 Å². The Morgan fingerprint density at radius 1 is 1.33 bits per heavy atom. The molecule has 0 aliphatic rings. The number of fused-ring (bicyclic) bond motifs is 1. The van der Waals surface area contributed by atoms with E-state index in [9.17, 15) is 0 Å². The molecule has 2 aromatic heterocycles. The summed E-state index contributed by atoms with van der Waals surface area (Å²) in [4.78, 5) is 11.9. The summed E-state index contributed by atoms with van der Waals surface area (Å²) in [7, 11) is 2.07. The minimum atomic E-state index is 0.157. The third-order valence-corrected chi connectivity index (χ3v) is 3.53. The summed E-state index contributed by atoms with van der Waals surface area (Å²) in [5.74, 6) is 1.01. The Labute approximate surface area is 112 Å². The Bertz CT molecular complexity index is 515. The van der Waals surface area contributed by atoms with Crippen LogP contribution in [-0.4, -0.2) is 35.6 Å². The second kappa shape index (κ2) is 5.20. The molecule has 0 fully saturated rings. The first-order valence-corrected chi connectivity index (χ1v) is 7.00. The van der Waals surface area contributed by atoms with Gasteiger partial charge >= 0.3 is 0 Å². The van der Waals surface area contributed by atoms with Gasteiger partial charge in [-0.3, -0.25) is 0 Å². The minimum Gasteiger partial charge on any atom is -0.358 e. The number of likely N-dealkylation sites (N-methyl/N-ethyl adjacent to an activating group) is 1. The zero-order valence-corrected chi connectivity index (χ0v) is 12.2. The van der Waals surface area contributed by atoms with Gasteiger partial charge in [-0.25, -0.2) is 9.97 Å². The Morgan fingerprint density at radius 3 is 2.83 bits per heavy atom. The molecule has 5 heteroatoms. The molecule has 1 N–H and O–H groups in total. The smallest absolute Gasteiger partial charge is 0.140 e. The summed E-state index contributed by atoms with van der Waals surface area (Å²) in [5.41, 5.74) is 0.157. The van der Waals surface area contributed by atoms with Gasteiger partial charge in [-0.1, -0.05) is 0 Å². The number of nitrogens with one attached hydrogen (secondary N) is 1. The Morgan fingerprint density at radius 2 is 2.11 bits per heavy atom. The van der Waals surface area contributed by atoms with Crippen LogP contribution in [0.25, 0.3) is 10.2 Å². The molecule has 0 amide bonds. The van der Waals surface area contributed by atoms with E-state index in [0.29, 0.717) is 0 Å². The van der Waals surface area contributed by atoms with Gasteiger partial charge in [0.05, 0.1) is 5.39 Å². The van der Waals surface area contributed by atoms with Crippen LogP contribution in [0.2, 0.25) is 0 Å². The van der Waals surface area contributed by atoms with Gasteiger partial charge in [0, 0.05) is 25.7 Å². The lowest BCUT2D eigenvalue weighted by Crippen LogP contribution is -2.40. The number of hydrogen-bond acceptors (Lipinski definition) is 5. The maximum absolute atomic E-state index is 4.39. The van der Waals surface area contributed by atoms with E-state index < -0.39 is 0 Å². The fourth-order valence-corrected chi connectivity index (χ4v) is 2.51. The lowest BCUT2D eigenvalue weighted by atomic mass is 10.1. The van der Waals surface area contributed by atoms with Crippen LogP contribution in [0.4, 0.5) is 5.82 Å². The van der Waals surface area contributed by atoms with Crippen molar-refractivity contribution in [2.24, 2.45) is 0 Å². The van der Waals surface area contributed by atoms with Crippen LogP contribution in [0.5, 0.6) is 0 Å². The monoisotopic (exact) mass is 264 g/mol. The van der Waals surface area contributed by atoms with Gasteiger partial charge in [0.15, 0.2) is 0 Å². The van der Waals surface area contributed by atoms with E-state index in [0.717, 1.165) is 29.1 Å². The molecule has 0 atom stereocenters. The SMILES string of the molecule is CN(CCNC(C)(C)C)c1ncnc2sccc12. The second-order valence-electron chi connectivity index (χ2n) is 5.44. The topological polar surface area (TPSA) is 41.0 Å². The van der Waals surface area contributed by atoms with Crippen LogP contribution in [0.15, 0.2) is 17.8 Å². The van der Waals surface area contributed by atoms with Crippen LogP contribution in [0, 0.1) is 0 Å². The summed E-state index contributed by atoms with van der Waals surface area (Å²) in [6.45, 7) is 8.40. The number of hydrogen-bond donors (Lipinski definition) is 1. The van der Waals surface area contributed by atoms with Crippen molar-refractivity contribution in [1.82, 2.24) is 15.3 Å². The van der Waals surface area contributed by atoms with Gasteiger partial charge in [-0.15, -0.1) is 11.3 Å². The summed E-state index contributed by atoms with van der Waals surface area (Å²) < 4.78 is 0. The molecule has 0 aliphatic carbocycles. The normalized spacial score (nSPS) is 12.0. The highest BCUT2D eigenvalue weighted by molar-refractivity contribution is 7.16. The van der Waals surface area contributed by atoms with Gasteiger partial charge in [0.2, 0.25) is 0 Å². The first-order chi connectivity index (χ1) is 8.47. The largest absolute Gasteiger partial charge is 0.358 e. The van der Waals surface area contributed by atoms with Gasteiger partial charge in [-0.05, 0) is 32.2 Å². The third kappa shape index (κ3) is 3.17. The highest BCUT2D eigenvalue weighted by atomic mass is 32.1. The van der Waals surface area contributed by atoms with Crippen LogP contribution in [-0.2, 0) is 0 Å². The van der Waals surface area contributed by atoms with E-state index in [1.807, 2.05) is 0 Å². The molecular weight excluding hydrogens is 244 g/mol. The first-order valence-electron chi connectivity index (χ1n) is 6.12. The first kappa shape index (κ1) is 13.2. The molecule has 0 bridgehead atoms. The molecule has 2 heterocycles. The molecule has 2 aromatic rings. The van der Waals surface area contributed by atoms with Gasteiger partial charge in [-0.2, -0.15) is 0 Å². The highest BCUT2D eigenvalue weighted by Crippen LogP contribution is 2.25. The van der Waals surface area contributed by atoms with E-state index in [4.69, 9.17) is 0 Å². The van der Waals surface area contributed by atoms with Crippen LogP contribution < -0.4 is 10.2 Å². The van der Waals surface area contributed by atoms with Crippen molar-refractivity contribution in [1.29, 1.82) is 0 Å². The zero-order valence-electron chi connectivity index (χ0n) is 11.4. The molecule has 98 valence electrons. The maximum Gasteiger partial charge on any atom is 0.140 e. The molecular formula is C13H20N4S. The molecule has 0 aliphatic heterocycles. The summed E-state index contributed by atoms with van der Waals surface area (Å²) in [5, 5.41) is 6.68. The van der Waals surface area contributed by atoms with Crippen LogP contribution in [0.3, 0.4) is 0 Å². The van der Waals surface area contributed by atoms with Crippen molar-refractivity contribution < 1.29 is 0 Å². The summed E-state index contributed by atoms with van der Waals surface area (Å²) >= 11 is 1.65. The predicted octanol–water partition coefficient (Wildman–Crippen LogP) is 2.52. The molecule has 4 nitrogen and oxygen atoms in total. The van der Waals surface area contributed by atoms with E-state index in [2.05, 4.69) is 59.4 Å². The summed E-state index contributed by atoms with van der Waals surface area (Å²) in [6.07, 6.45) is 1.64. The minimum absolute atomic E-state index is 0.157. The molecule has 0 radical (unpaired) electrons. The fraction of sp³-hybridized carbons (Fsp3) is 0.538. The maximum atomic E-state index is 4.39. The van der Waals surface area contributed by atoms with Crippen molar-refractivity contribution >= 4 is 27.4 Å². The molecule has 2 rings (SSSR count). The van der Waals surface area contributed by atoms with Crippen LogP contribution >= 0.6 is 11.3 Å². The van der Waals surface area contributed by atoms with Gasteiger partial charge in [0.1, 0.15) is 17.0 Å². The number of rotatable bonds is 4. The Kier molecular flexibility index (Phi) is 3.82. The number of thiophene rings is 1. The Hall–Kier alpha value is -1.20. The van der Waals surface area contributed by atoms with E-state index in [-0.39, 0.29) is 5.54 Å². The van der Waals surface area contributed by atoms with Crippen molar-refractivity contribution in [3.63, 3.8) is 0 Å². The average molecular weight is 264 g/mol. The van der Waals surface area contributed by atoms with E-state index >= 15 is 0 Å². The average Bonchev–Trinajstić information content (AvgIpc) is 2.74. The quantitative estimate of drug-likeness (QED) is 0.921. The van der Waals surface area contributed by atoms with Gasteiger partial charge < -0.3 is 10.2 Å².